The average Bonchev–Trinajstić information content (AvgIpc) is 3.23. The Labute approximate surface area is 224 Å². The summed E-state index contributed by atoms with van der Waals surface area (Å²) in [5.41, 5.74) is 10.3. The van der Waals surface area contributed by atoms with Crippen LogP contribution in [0, 0.1) is 17.8 Å². The number of nitrogens with one attached hydrogen (secondary N) is 1. The largest absolute Gasteiger partial charge is 0.366 e. The van der Waals surface area contributed by atoms with Gasteiger partial charge in [0.2, 0.25) is 0 Å². The Kier molecular flexibility index (Phi) is 5.76. The Bertz CT molecular complexity index is 1330. The summed E-state index contributed by atoms with van der Waals surface area (Å²) in [5, 5.41) is 3.70. The maximum absolute atomic E-state index is 3.70. The Morgan fingerprint density at radius 2 is 1.43 bits per heavy atom. The van der Waals surface area contributed by atoms with Crippen molar-refractivity contribution in [3.8, 4) is 0 Å². The summed E-state index contributed by atoms with van der Waals surface area (Å²) in [4.78, 5) is 0. The Morgan fingerprint density at radius 3 is 2.03 bits per heavy atom. The molecule has 2 aliphatic carbocycles. The lowest BCUT2D eigenvalue weighted by Gasteiger charge is -2.49. The molecule has 37 heavy (non-hydrogen) atoms. The van der Waals surface area contributed by atoms with Gasteiger partial charge in [-0.25, -0.2) is 0 Å². The topological polar surface area (TPSA) is 15.3 Å². The molecule has 6 rings (SSSR count). The third-order valence-corrected chi connectivity index (χ3v) is 13.4. The van der Waals surface area contributed by atoms with Crippen LogP contribution >= 0.6 is 0 Å². The van der Waals surface area contributed by atoms with Gasteiger partial charge in [0.15, 0.2) is 8.24 Å². The Balaban J connectivity index is 1.37. The van der Waals surface area contributed by atoms with Gasteiger partial charge in [-0.1, -0.05) is 108 Å². The molecule has 0 amide bonds. The fourth-order valence-electron chi connectivity index (χ4n) is 7.57. The summed E-state index contributed by atoms with van der Waals surface area (Å²) >= 11 is 0. The van der Waals surface area contributed by atoms with Crippen molar-refractivity contribution in [1.29, 1.82) is 0 Å². The number of benzene rings is 3. The van der Waals surface area contributed by atoms with Gasteiger partial charge in [0.1, 0.15) is 0 Å². The van der Waals surface area contributed by atoms with Crippen molar-refractivity contribution in [2.24, 2.45) is 17.8 Å². The summed E-state index contributed by atoms with van der Waals surface area (Å²) < 4.78 is 2.77. The highest BCUT2D eigenvalue weighted by Gasteiger charge is 2.53. The second kappa shape index (κ2) is 8.77. The number of hydrogen-bond donors (Lipinski definition) is 1. The summed E-state index contributed by atoms with van der Waals surface area (Å²) in [6.07, 6.45) is 8.55. The number of para-hydroxylation sites is 4. The molecule has 0 spiro atoms. The Hall–Kier alpha value is -3.04. The van der Waals surface area contributed by atoms with Gasteiger partial charge >= 0.3 is 0 Å². The maximum atomic E-state index is 3.70. The minimum absolute atomic E-state index is 0.181. The van der Waals surface area contributed by atoms with E-state index in [2.05, 4.69) is 142 Å². The van der Waals surface area contributed by atoms with Crippen LogP contribution in [-0.4, -0.2) is 8.24 Å². The van der Waals surface area contributed by atoms with E-state index in [1.807, 2.05) is 0 Å². The van der Waals surface area contributed by atoms with Gasteiger partial charge in [0.25, 0.3) is 0 Å². The van der Waals surface area contributed by atoms with E-state index in [1.165, 1.54) is 45.9 Å². The highest BCUT2D eigenvalue weighted by atomic mass is 28.3. The van der Waals surface area contributed by atoms with Crippen molar-refractivity contribution in [2.45, 2.75) is 58.2 Å². The van der Waals surface area contributed by atoms with Crippen LogP contribution < -0.4 is 9.88 Å². The number of allylic oxidation sites excluding steroid dienone is 4. The first-order valence-corrected chi connectivity index (χ1v) is 16.9. The molecule has 1 unspecified atom stereocenters. The molecule has 3 aromatic rings. The van der Waals surface area contributed by atoms with Crippen molar-refractivity contribution in [1.82, 2.24) is 0 Å². The SMILES string of the molecule is C[C@@H]1C[C@@H]2C(c3ccc(C(C)(C)C)cc3)=CC=C[C@@H]2C1[Si](C)(C)N1c2ccccc2Nc2ccccc21. The van der Waals surface area contributed by atoms with Crippen LogP contribution in [-0.2, 0) is 5.41 Å². The molecule has 3 aliphatic rings. The van der Waals surface area contributed by atoms with E-state index in [9.17, 15) is 0 Å². The van der Waals surface area contributed by atoms with Crippen molar-refractivity contribution in [3.05, 3.63) is 102 Å². The van der Waals surface area contributed by atoms with Gasteiger partial charge in [-0.15, -0.1) is 0 Å². The highest BCUT2D eigenvalue weighted by Crippen LogP contribution is 2.59. The number of hydrogen-bond acceptors (Lipinski definition) is 2. The van der Waals surface area contributed by atoms with Crippen LogP contribution in [0.15, 0.2) is 91.0 Å². The molecule has 1 fully saturated rings. The quantitative estimate of drug-likeness (QED) is 0.357. The molecule has 2 nitrogen and oxygen atoms in total. The summed E-state index contributed by atoms with van der Waals surface area (Å²) in [5.74, 6) is 1.84. The molecular weight excluding hydrogens is 464 g/mol. The fourth-order valence-corrected chi connectivity index (χ4v) is 12.3. The zero-order valence-corrected chi connectivity index (χ0v) is 24.1. The maximum Gasteiger partial charge on any atom is 0.160 e. The predicted molar refractivity (Wildman–Crippen MR) is 163 cm³/mol. The van der Waals surface area contributed by atoms with Gasteiger partial charge in [0.05, 0.1) is 22.7 Å². The molecule has 1 heterocycles. The van der Waals surface area contributed by atoms with E-state index in [1.54, 1.807) is 0 Å². The van der Waals surface area contributed by atoms with Crippen LogP contribution in [0.2, 0.25) is 18.6 Å². The zero-order valence-electron chi connectivity index (χ0n) is 23.1. The molecule has 1 saturated carbocycles. The van der Waals surface area contributed by atoms with Gasteiger partial charge in [-0.05, 0) is 76.1 Å². The lowest BCUT2D eigenvalue weighted by molar-refractivity contribution is 0.550. The van der Waals surface area contributed by atoms with E-state index in [0.29, 0.717) is 23.3 Å². The van der Waals surface area contributed by atoms with E-state index in [-0.39, 0.29) is 5.41 Å². The van der Waals surface area contributed by atoms with Gasteiger partial charge in [0, 0.05) is 0 Å². The summed E-state index contributed by atoms with van der Waals surface area (Å²) in [7, 11) is -1.99. The standard InChI is InChI=1S/C34H40N2Si/c1-23-22-28-26(24-18-20-25(21-19-24)34(2,3)4)12-11-13-27(28)33(23)37(5,6)36-31-16-9-7-14-29(31)35-30-15-8-10-17-32(30)36/h7-21,23,27-28,33,35H,22H2,1-6H3/t23-,27+,28-,33?/m1/s1. The van der Waals surface area contributed by atoms with Crippen LogP contribution in [0.5, 0.6) is 0 Å². The van der Waals surface area contributed by atoms with Crippen molar-refractivity contribution >= 4 is 36.6 Å². The van der Waals surface area contributed by atoms with Gasteiger partial charge in [-0.3, -0.25) is 0 Å². The van der Waals surface area contributed by atoms with Crippen LogP contribution in [0.25, 0.3) is 5.57 Å². The van der Waals surface area contributed by atoms with Crippen LogP contribution in [0.4, 0.5) is 22.7 Å². The Morgan fingerprint density at radius 1 is 0.838 bits per heavy atom. The lowest BCUT2D eigenvalue weighted by atomic mass is 9.80. The van der Waals surface area contributed by atoms with Crippen molar-refractivity contribution < 1.29 is 0 Å². The molecule has 0 saturated heterocycles. The molecular formula is C34H40N2Si. The van der Waals surface area contributed by atoms with Crippen molar-refractivity contribution in [3.63, 3.8) is 0 Å². The van der Waals surface area contributed by atoms with E-state index < -0.39 is 8.24 Å². The fraction of sp³-hybridized carbons (Fsp3) is 0.353. The number of fused-ring (bicyclic) bond motifs is 3. The zero-order chi connectivity index (χ0) is 25.9. The average molecular weight is 505 g/mol. The highest BCUT2D eigenvalue weighted by molar-refractivity contribution is 6.84. The third kappa shape index (κ3) is 3.99. The summed E-state index contributed by atoms with van der Waals surface area (Å²) in [6.45, 7) is 14.6. The van der Waals surface area contributed by atoms with Crippen LogP contribution in [0.3, 0.4) is 0 Å². The van der Waals surface area contributed by atoms with Gasteiger partial charge < -0.3 is 9.88 Å². The first-order chi connectivity index (χ1) is 17.7. The number of nitrogens with zero attached hydrogens (tertiary/aromatic N) is 1. The molecule has 4 atom stereocenters. The minimum atomic E-state index is -1.99. The van der Waals surface area contributed by atoms with E-state index in [0.717, 1.165) is 0 Å². The molecule has 0 radical (unpaired) electrons. The molecule has 1 aliphatic heterocycles. The molecule has 0 bridgehead atoms. The van der Waals surface area contributed by atoms with Crippen molar-refractivity contribution in [2.75, 3.05) is 9.88 Å². The lowest BCUT2D eigenvalue weighted by Crippen LogP contribution is -2.53. The molecule has 1 N–H and O–H groups in total. The molecule has 3 aromatic carbocycles. The first-order valence-electron chi connectivity index (χ1n) is 13.9. The molecule has 0 aromatic heterocycles. The third-order valence-electron chi connectivity index (χ3n) is 9.16. The van der Waals surface area contributed by atoms with Gasteiger partial charge in [-0.2, -0.15) is 0 Å². The van der Waals surface area contributed by atoms with E-state index >= 15 is 0 Å². The molecule has 3 heteroatoms. The molecule has 190 valence electrons. The predicted octanol–water partition coefficient (Wildman–Crippen LogP) is 9.68. The second-order valence-corrected chi connectivity index (χ2v) is 17.3. The van der Waals surface area contributed by atoms with E-state index in [4.69, 9.17) is 0 Å². The summed E-state index contributed by atoms with van der Waals surface area (Å²) in [6, 6.07) is 27.2. The second-order valence-electron chi connectivity index (χ2n) is 12.9. The number of anilines is 4. The monoisotopic (exact) mass is 504 g/mol. The minimum Gasteiger partial charge on any atom is -0.366 e. The first kappa shape index (κ1) is 24.3. The van der Waals surface area contributed by atoms with Crippen LogP contribution in [0.1, 0.15) is 45.2 Å². The number of rotatable bonds is 3. The smallest absolute Gasteiger partial charge is 0.160 e. The normalized spacial score (nSPS) is 24.6.